The number of carbonyl (C=O) groups excluding carboxylic acids is 3. The SMILES string of the molecule is CC(C)C(=O)N1C(=O)CCC12CN([C@H](C(N)=O)[C@@H](C)O)C2. The Morgan fingerprint density at radius 3 is 2.29 bits per heavy atom. The van der Waals surface area contributed by atoms with Crippen LogP contribution in [-0.4, -0.2) is 63.4 Å². The van der Waals surface area contributed by atoms with Crippen molar-refractivity contribution in [1.29, 1.82) is 0 Å². The van der Waals surface area contributed by atoms with Gasteiger partial charge in [0.05, 0.1) is 11.6 Å². The minimum Gasteiger partial charge on any atom is -0.391 e. The molecular weight excluding hydrogens is 274 g/mol. The van der Waals surface area contributed by atoms with Gasteiger partial charge in [0.25, 0.3) is 0 Å². The number of primary amides is 1. The van der Waals surface area contributed by atoms with Crippen molar-refractivity contribution in [2.75, 3.05) is 13.1 Å². The van der Waals surface area contributed by atoms with Gasteiger partial charge in [-0.2, -0.15) is 0 Å². The molecule has 21 heavy (non-hydrogen) atoms. The molecule has 2 aliphatic rings. The van der Waals surface area contributed by atoms with E-state index < -0.39 is 23.6 Å². The molecular formula is C14H23N3O4. The molecule has 0 saturated carbocycles. The second-order valence-corrected chi connectivity index (χ2v) is 6.44. The number of rotatable bonds is 4. The third kappa shape index (κ3) is 2.55. The summed E-state index contributed by atoms with van der Waals surface area (Å²) >= 11 is 0. The van der Waals surface area contributed by atoms with Gasteiger partial charge >= 0.3 is 0 Å². The van der Waals surface area contributed by atoms with Crippen molar-refractivity contribution >= 4 is 17.7 Å². The topological polar surface area (TPSA) is 104 Å². The molecule has 0 unspecified atom stereocenters. The number of nitrogens with two attached hydrogens (primary N) is 1. The van der Waals surface area contributed by atoms with Crippen LogP contribution < -0.4 is 5.73 Å². The summed E-state index contributed by atoms with van der Waals surface area (Å²) in [5.74, 6) is -1.17. The van der Waals surface area contributed by atoms with Crippen molar-refractivity contribution in [2.24, 2.45) is 11.7 Å². The van der Waals surface area contributed by atoms with Crippen LogP contribution in [0.2, 0.25) is 0 Å². The molecule has 2 atom stereocenters. The van der Waals surface area contributed by atoms with Crippen molar-refractivity contribution < 1.29 is 19.5 Å². The number of aliphatic hydroxyl groups is 1. The molecule has 2 fully saturated rings. The summed E-state index contributed by atoms with van der Waals surface area (Å²) in [5.41, 5.74) is 4.79. The average molecular weight is 297 g/mol. The summed E-state index contributed by atoms with van der Waals surface area (Å²) in [5, 5.41) is 9.67. The molecule has 2 heterocycles. The maximum absolute atomic E-state index is 12.3. The first-order valence-corrected chi connectivity index (χ1v) is 7.28. The van der Waals surface area contributed by atoms with E-state index in [0.29, 0.717) is 25.9 Å². The minimum absolute atomic E-state index is 0.152. The molecule has 1 spiro atoms. The van der Waals surface area contributed by atoms with E-state index in [4.69, 9.17) is 5.73 Å². The standard InChI is InChI=1S/C14H23N3O4/c1-8(2)13(21)17-10(19)4-5-14(17)6-16(7-14)11(9(3)18)12(15)20/h8-9,11,18H,4-7H2,1-3H3,(H2,15,20)/t9-,11+/m1/s1. The Labute approximate surface area is 124 Å². The van der Waals surface area contributed by atoms with Gasteiger partial charge in [-0.1, -0.05) is 13.8 Å². The number of hydrogen-bond acceptors (Lipinski definition) is 5. The summed E-state index contributed by atoms with van der Waals surface area (Å²) in [6.45, 7) is 5.84. The Balaban J connectivity index is 2.14. The zero-order valence-corrected chi connectivity index (χ0v) is 12.7. The van der Waals surface area contributed by atoms with Crippen LogP contribution in [0.15, 0.2) is 0 Å². The molecule has 0 aromatic heterocycles. The molecule has 3 N–H and O–H groups in total. The first-order valence-electron chi connectivity index (χ1n) is 7.28. The van der Waals surface area contributed by atoms with Crippen LogP contribution in [0.5, 0.6) is 0 Å². The van der Waals surface area contributed by atoms with Gasteiger partial charge < -0.3 is 10.8 Å². The molecule has 0 aromatic carbocycles. The van der Waals surface area contributed by atoms with Crippen LogP contribution in [0, 0.1) is 5.92 Å². The lowest BCUT2D eigenvalue weighted by Gasteiger charge is -2.54. The van der Waals surface area contributed by atoms with Crippen molar-refractivity contribution in [3.8, 4) is 0 Å². The molecule has 3 amide bonds. The largest absolute Gasteiger partial charge is 0.391 e. The van der Waals surface area contributed by atoms with Gasteiger partial charge in [-0.05, 0) is 13.3 Å². The van der Waals surface area contributed by atoms with Crippen LogP contribution in [0.1, 0.15) is 33.6 Å². The highest BCUT2D eigenvalue weighted by molar-refractivity contribution is 5.99. The first kappa shape index (κ1) is 15.9. The lowest BCUT2D eigenvalue weighted by Crippen LogP contribution is -2.74. The van der Waals surface area contributed by atoms with Gasteiger partial charge in [-0.25, -0.2) is 0 Å². The van der Waals surface area contributed by atoms with E-state index in [0.717, 1.165) is 0 Å². The van der Waals surface area contributed by atoms with E-state index in [2.05, 4.69) is 0 Å². The summed E-state index contributed by atoms with van der Waals surface area (Å²) in [6.07, 6.45) is 0.0695. The Morgan fingerprint density at radius 2 is 1.86 bits per heavy atom. The second kappa shape index (κ2) is 5.38. The molecule has 0 bridgehead atoms. The summed E-state index contributed by atoms with van der Waals surface area (Å²) in [7, 11) is 0. The van der Waals surface area contributed by atoms with E-state index in [1.807, 2.05) is 0 Å². The van der Waals surface area contributed by atoms with Gasteiger partial charge in [0.15, 0.2) is 0 Å². The minimum atomic E-state index is -0.883. The van der Waals surface area contributed by atoms with E-state index >= 15 is 0 Å². The Kier molecular flexibility index (Phi) is 4.08. The number of imide groups is 1. The monoisotopic (exact) mass is 297 g/mol. The third-order valence-corrected chi connectivity index (χ3v) is 4.38. The molecule has 7 nitrogen and oxygen atoms in total. The van der Waals surface area contributed by atoms with Crippen LogP contribution in [0.3, 0.4) is 0 Å². The Hall–Kier alpha value is -1.47. The molecule has 2 aliphatic heterocycles. The summed E-state index contributed by atoms with van der Waals surface area (Å²) in [6, 6.07) is -0.776. The summed E-state index contributed by atoms with van der Waals surface area (Å²) in [4.78, 5) is 38.8. The average Bonchev–Trinajstić information content (AvgIpc) is 2.64. The van der Waals surface area contributed by atoms with Gasteiger partial charge in [-0.15, -0.1) is 0 Å². The van der Waals surface area contributed by atoms with Crippen LogP contribution in [0.25, 0.3) is 0 Å². The molecule has 0 radical (unpaired) electrons. The number of amides is 3. The fourth-order valence-electron chi connectivity index (χ4n) is 3.37. The number of likely N-dealkylation sites (tertiary alicyclic amines) is 2. The molecule has 2 rings (SSSR count). The normalized spacial score (nSPS) is 24.2. The predicted molar refractivity (Wildman–Crippen MR) is 74.9 cm³/mol. The fraction of sp³-hybridized carbons (Fsp3) is 0.786. The highest BCUT2D eigenvalue weighted by Crippen LogP contribution is 2.40. The highest BCUT2D eigenvalue weighted by Gasteiger charge is 2.58. The number of carbonyl (C=O) groups is 3. The molecule has 2 saturated heterocycles. The number of aliphatic hydroxyl groups excluding tert-OH is 1. The van der Waals surface area contributed by atoms with Gasteiger partial charge in [-0.3, -0.25) is 24.2 Å². The first-order chi connectivity index (χ1) is 9.69. The van der Waals surface area contributed by atoms with E-state index in [-0.39, 0.29) is 17.7 Å². The van der Waals surface area contributed by atoms with Gasteiger partial charge in [0.1, 0.15) is 6.04 Å². The predicted octanol–water partition coefficient (Wildman–Crippen LogP) is -0.919. The maximum atomic E-state index is 12.3. The van der Waals surface area contributed by atoms with Crippen molar-refractivity contribution in [1.82, 2.24) is 9.80 Å². The number of nitrogens with zero attached hydrogens (tertiary/aromatic N) is 2. The van der Waals surface area contributed by atoms with Gasteiger partial charge in [0.2, 0.25) is 17.7 Å². The Morgan fingerprint density at radius 1 is 1.29 bits per heavy atom. The van der Waals surface area contributed by atoms with E-state index in [1.54, 1.807) is 18.7 Å². The second-order valence-electron chi connectivity index (χ2n) is 6.44. The Bertz CT molecular complexity index is 469. The quantitative estimate of drug-likeness (QED) is 0.698. The zero-order chi connectivity index (χ0) is 15.9. The molecule has 0 aliphatic carbocycles. The van der Waals surface area contributed by atoms with E-state index in [9.17, 15) is 19.5 Å². The van der Waals surface area contributed by atoms with Gasteiger partial charge in [0, 0.05) is 25.4 Å². The van der Waals surface area contributed by atoms with Crippen molar-refractivity contribution in [3.05, 3.63) is 0 Å². The lowest BCUT2D eigenvalue weighted by molar-refractivity contribution is -0.160. The van der Waals surface area contributed by atoms with Crippen LogP contribution >= 0.6 is 0 Å². The van der Waals surface area contributed by atoms with Crippen LogP contribution in [0.4, 0.5) is 0 Å². The maximum Gasteiger partial charge on any atom is 0.237 e. The van der Waals surface area contributed by atoms with E-state index in [1.165, 1.54) is 11.8 Å². The molecule has 118 valence electrons. The van der Waals surface area contributed by atoms with Crippen molar-refractivity contribution in [3.63, 3.8) is 0 Å². The fourth-order valence-corrected chi connectivity index (χ4v) is 3.37. The zero-order valence-electron chi connectivity index (χ0n) is 12.7. The van der Waals surface area contributed by atoms with Crippen molar-refractivity contribution in [2.45, 2.75) is 51.3 Å². The van der Waals surface area contributed by atoms with Crippen LogP contribution in [-0.2, 0) is 14.4 Å². The highest BCUT2D eigenvalue weighted by atomic mass is 16.3. The third-order valence-electron chi connectivity index (χ3n) is 4.38. The summed E-state index contributed by atoms with van der Waals surface area (Å²) < 4.78 is 0. The molecule has 0 aromatic rings. The smallest absolute Gasteiger partial charge is 0.237 e. The number of hydrogen-bond donors (Lipinski definition) is 2. The molecule has 7 heteroatoms. The lowest BCUT2D eigenvalue weighted by atomic mass is 9.84.